The zero-order chi connectivity index (χ0) is 11.1. The highest BCUT2D eigenvalue weighted by Gasteiger charge is 2.06. The summed E-state index contributed by atoms with van der Waals surface area (Å²) in [6.45, 7) is 1.37. The van der Waals surface area contributed by atoms with Crippen LogP contribution in [0.25, 0.3) is 0 Å². The van der Waals surface area contributed by atoms with Crippen LogP contribution < -0.4 is 0 Å². The number of nitrogens with zero attached hydrogens (tertiary/aromatic N) is 1. The van der Waals surface area contributed by atoms with Gasteiger partial charge in [0.2, 0.25) is 0 Å². The third-order valence-corrected chi connectivity index (χ3v) is 2.02. The molecule has 0 atom stereocenters. The minimum absolute atomic E-state index is 0.0213. The highest BCUT2D eigenvalue weighted by Crippen LogP contribution is 2.01. The predicted molar refractivity (Wildman–Crippen MR) is 57.1 cm³/mol. The summed E-state index contributed by atoms with van der Waals surface area (Å²) >= 11 is 0. The summed E-state index contributed by atoms with van der Waals surface area (Å²) in [5.41, 5.74) is 0.698. The highest BCUT2D eigenvalue weighted by molar-refractivity contribution is 5.96. The van der Waals surface area contributed by atoms with Gasteiger partial charge in [0.05, 0.1) is 0 Å². The molecule has 0 aliphatic heterocycles. The van der Waals surface area contributed by atoms with Crippen molar-refractivity contribution in [3.8, 4) is 0 Å². The van der Waals surface area contributed by atoms with Crippen molar-refractivity contribution in [1.82, 2.24) is 4.57 Å². The molecule has 0 aliphatic rings. The summed E-state index contributed by atoms with van der Waals surface area (Å²) in [6, 6.07) is 1.79. The maximum Gasteiger partial charge on any atom is 0.189 e. The molecule has 4 heteroatoms. The molecule has 0 aromatic carbocycles. The average molecular weight is 211 g/mol. The van der Waals surface area contributed by atoms with E-state index >= 15 is 0 Å². The molecule has 0 saturated carbocycles. The van der Waals surface area contributed by atoms with Crippen molar-refractivity contribution in [2.24, 2.45) is 7.05 Å². The van der Waals surface area contributed by atoms with Crippen LogP contribution in [0.3, 0.4) is 0 Å². The number of carbonyl (C=O) groups excluding carboxylic acids is 1. The zero-order valence-electron chi connectivity index (χ0n) is 9.23. The van der Waals surface area contributed by atoms with E-state index in [0.717, 1.165) is 6.42 Å². The number of hydrogen-bond donors (Lipinski definition) is 0. The lowest BCUT2D eigenvalue weighted by atomic mass is 10.2. The van der Waals surface area contributed by atoms with Crippen LogP contribution in [0.4, 0.5) is 0 Å². The molecule has 0 bridgehead atoms. The Morgan fingerprint density at radius 2 is 2.27 bits per heavy atom. The minimum atomic E-state index is 0.0213. The number of aryl methyl sites for hydroxylation is 1. The Morgan fingerprint density at radius 1 is 1.47 bits per heavy atom. The Kier molecular flexibility index (Phi) is 5.07. The van der Waals surface area contributed by atoms with Gasteiger partial charge in [-0.25, -0.2) is 0 Å². The van der Waals surface area contributed by atoms with Crippen LogP contribution in [0.1, 0.15) is 16.8 Å². The monoisotopic (exact) mass is 211 g/mol. The molecule has 0 spiro atoms. The Hall–Kier alpha value is -1.13. The highest BCUT2D eigenvalue weighted by atomic mass is 16.5. The quantitative estimate of drug-likeness (QED) is 0.503. The molecule has 0 radical (unpaired) electrons. The first-order valence-corrected chi connectivity index (χ1v) is 4.96. The molecule has 0 N–H and O–H groups in total. The van der Waals surface area contributed by atoms with Gasteiger partial charge in [-0.05, 0) is 12.5 Å². The van der Waals surface area contributed by atoms with Gasteiger partial charge >= 0.3 is 0 Å². The van der Waals surface area contributed by atoms with Gasteiger partial charge in [0.25, 0.3) is 0 Å². The number of Topliss-reactive ketones (excluding diaryl/α,β-unsaturated/α-hetero) is 1. The lowest BCUT2D eigenvalue weighted by molar-refractivity contribution is 0.0705. The second kappa shape index (κ2) is 6.37. The van der Waals surface area contributed by atoms with Gasteiger partial charge in [0, 0.05) is 45.3 Å². The van der Waals surface area contributed by atoms with Gasteiger partial charge in [-0.15, -0.1) is 0 Å². The second-order valence-electron chi connectivity index (χ2n) is 3.39. The Bertz CT molecular complexity index is 307. The van der Waals surface area contributed by atoms with E-state index in [1.54, 1.807) is 19.4 Å². The van der Waals surface area contributed by atoms with Crippen LogP contribution in [0.5, 0.6) is 0 Å². The fourth-order valence-corrected chi connectivity index (χ4v) is 1.22. The van der Waals surface area contributed by atoms with E-state index in [1.807, 2.05) is 17.8 Å². The summed E-state index contributed by atoms with van der Waals surface area (Å²) < 4.78 is 11.9. The number of aromatic nitrogens is 1. The number of ether oxygens (including phenoxy) is 2. The third kappa shape index (κ3) is 4.27. The van der Waals surface area contributed by atoms with E-state index in [9.17, 15) is 4.79 Å². The average Bonchev–Trinajstić information content (AvgIpc) is 2.64. The van der Waals surface area contributed by atoms with Crippen molar-refractivity contribution in [2.75, 3.05) is 26.9 Å². The fourth-order valence-electron chi connectivity index (χ4n) is 1.22. The maximum atomic E-state index is 11.5. The van der Waals surface area contributed by atoms with Crippen molar-refractivity contribution in [1.29, 1.82) is 0 Å². The van der Waals surface area contributed by atoms with E-state index in [2.05, 4.69) is 0 Å². The maximum absolute atomic E-state index is 11.5. The molecule has 84 valence electrons. The molecule has 0 aliphatic carbocycles. The van der Waals surface area contributed by atoms with Crippen molar-refractivity contribution in [2.45, 2.75) is 6.42 Å². The summed E-state index contributed by atoms with van der Waals surface area (Å²) in [7, 11) is 3.53. The fraction of sp³-hybridized carbons (Fsp3) is 0.545. The van der Waals surface area contributed by atoms with Crippen molar-refractivity contribution >= 4 is 5.78 Å². The van der Waals surface area contributed by atoms with E-state index < -0.39 is 0 Å². The first-order chi connectivity index (χ1) is 7.24. The van der Waals surface area contributed by atoms with Gasteiger partial charge in [0.1, 0.15) is 6.61 Å². The molecular weight excluding hydrogens is 194 g/mol. The van der Waals surface area contributed by atoms with Crippen molar-refractivity contribution in [3.63, 3.8) is 0 Å². The minimum Gasteiger partial charge on any atom is -0.385 e. The van der Waals surface area contributed by atoms with Crippen LogP contribution in [0.2, 0.25) is 0 Å². The Labute approximate surface area is 89.8 Å². The SMILES string of the molecule is COCCCOCC(=O)c1ccn(C)c1. The van der Waals surface area contributed by atoms with Gasteiger partial charge in [-0.1, -0.05) is 0 Å². The van der Waals surface area contributed by atoms with Gasteiger partial charge in [-0.3, -0.25) is 4.79 Å². The molecule has 1 aromatic heterocycles. The normalized spacial score (nSPS) is 10.5. The first kappa shape index (κ1) is 11.9. The van der Waals surface area contributed by atoms with Crippen LogP contribution in [-0.4, -0.2) is 37.3 Å². The first-order valence-electron chi connectivity index (χ1n) is 4.96. The van der Waals surface area contributed by atoms with Crippen molar-refractivity contribution in [3.05, 3.63) is 24.0 Å². The number of methoxy groups -OCH3 is 1. The van der Waals surface area contributed by atoms with Crippen LogP contribution >= 0.6 is 0 Å². The van der Waals surface area contributed by atoms with Gasteiger partial charge in [0.15, 0.2) is 5.78 Å². The molecule has 1 aromatic rings. The summed E-state index contributed by atoms with van der Waals surface area (Å²) in [4.78, 5) is 11.5. The van der Waals surface area contributed by atoms with Crippen LogP contribution in [-0.2, 0) is 16.5 Å². The smallest absolute Gasteiger partial charge is 0.189 e. The van der Waals surface area contributed by atoms with E-state index in [-0.39, 0.29) is 12.4 Å². The summed E-state index contributed by atoms with van der Waals surface area (Å²) in [5, 5.41) is 0. The molecule has 0 amide bonds. The molecule has 1 heterocycles. The number of ketones is 1. The van der Waals surface area contributed by atoms with Gasteiger partial charge < -0.3 is 14.0 Å². The molecule has 0 fully saturated rings. The van der Waals surface area contributed by atoms with E-state index in [4.69, 9.17) is 9.47 Å². The number of carbonyl (C=O) groups is 1. The Morgan fingerprint density at radius 3 is 2.87 bits per heavy atom. The lowest BCUT2D eigenvalue weighted by Crippen LogP contribution is -2.10. The molecule has 15 heavy (non-hydrogen) atoms. The lowest BCUT2D eigenvalue weighted by Gasteiger charge is -2.01. The summed E-state index contributed by atoms with van der Waals surface area (Å²) in [5.74, 6) is 0.0213. The molecule has 0 saturated heterocycles. The standard InChI is InChI=1S/C11H17NO3/c1-12-5-4-10(8-12)11(13)9-15-7-3-6-14-2/h4-5,8H,3,6-7,9H2,1-2H3. The van der Waals surface area contributed by atoms with Crippen LogP contribution in [0.15, 0.2) is 18.5 Å². The molecule has 0 unspecified atom stereocenters. The topological polar surface area (TPSA) is 40.5 Å². The Balaban J connectivity index is 2.19. The van der Waals surface area contributed by atoms with Crippen LogP contribution in [0, 0.1) is 0 Å². The van der Waals surface area contributed by atoms with Crippen molar-refractivity contribution < 1.29 is 14.3 Å². The predicted octanol–water partition coefficient (Wildman–Crippen LogP) is 1.26. The molecule has 4 nitrogen and oxygen atoms in total. The number of rotatable bonds is 7. The van der Waals surface area contributed by atoms with E-state index in [1.165, 1.54) is 0 Å². The van der Waals surface area contributed by atoms with E-state index in [0.29, 0.717) is 18.8 Å². The largest absolute Gasteiger partial charge is 0.385 e. The molecular formula is C11H17NO3. The zero-order valence-corrected chi connectivity index (χ0v) is 9.23. The second-order valence-corrected chi connectivity index (χ2v) is 3.39. The summed E-state index contributed by atoms with van der Waals surface area (Å²) in [6.07, 6.45) is 4.46. The third-order valence-electron chi connectivity index (χ3n) is 2.02. The van der Waals surface area contributed by atoms with Gasteiger partial charge in [-0.2, -0.15) is 0 Å². The number of hydrogen-bond acceptors (Lipinski definition) is 3. The molecule has 1 rings (SSSR count).